The van der Waals surface area contributed by atoms with Crippen LogP contribution in [0.5, 0.6) is 11.5 Å². The number of rotatable bonds is 9. The van der Waals surface area contributed by atoms with Crippen molar-refractivity contribution in [1.29, 1.82) is 0 Å². The van der Waals surface area contributed by atoms with E-state index in [1.54, 1.807) is 61.7 Å². The zero-order valence-corrected chi connectivity index (χ0v) is 19.0. The van der Waals surface area contributed by atoms with E-state index in [9.17, 15) is 13.2 Å². The summed E-state index contributed by atoms with van der Waals surface area (Å²) in [5.74, 6) is 0.926. The average molecular weight is 455 g/mol. The third-order valence-corrected chi connectivity index (χ3v) is 6.10. The van der Waals surface area contributed by atoms with Crippen LogP contribution >= 0.6 is 0 Å². The molecule has 168 valence electrons. The van der Waals surface area contributed by atoms with Gasteiger partial charge in [-0.3, -0.25) is 9.52 Å². The van der Waals surface area contributed by atoms with Crippen molar-refractivity contribution in [2.75, 3.05) is 17.1 Å². The topological polar surface area (TPSA) is 93.7 Å². The first kappa shape index (κ1) is 23.1. The molecule has 0 aliphatic carbocycles. The van der Waals surface area contributed by atoms with Gasteiger partial charge in [0.05, 0.1) is 12.0 Å². The molecule has 0 unspecified atom stereocenters. The van der Waals surface area contributed by atoms with Crippen LogP contribution in [-0.4, -0.2) is 27.5 Å². The summed E-state index contributed by atoms with van der Waals surface area (Å²) in [6.45, 7) is 3.73. The third-order valence-electron chi connectivity index (χ3n) is 4.70. The first-order chi connectivity index (χ1) is 15.3. The van der Waals surface area contributed by atoms with Crippen molar-refractivity contribution in [1.82, 2.24) is 0 Å². The van der Waals surface area contributed by atoms with Crippen molar-refractivity contribution in [3.63, 3.8) is 0 Å². The molecular weight excluding hydrogens is 428 g/mol. The van der Waals surface area contributed by atoms with Gasteiger partial charge >= 0.3 is 0 Å². The Kier molecular flexibility index (Phi) is 7.37. The highest BCUT2D eigenvalue weighted by atomic mass is 32.2. The van der Waals surface area contributed by atoms with Crippen LogP contribution in [0.1, 0.15) is 18.9 Å². The predicted molar refractivity (Wildman–Crippen MR) is 125 cm³/mol. The molecule has 0 bridgehead atoms. The van der Waals surface area contributed by atoms with E-state index in [4.69, 9.17) is 9.47 Å². The Labute approximate surface area is 188 Å². The van der Waals surface area contributed by atoms with Crippen LogP contribution in [0.4, 0.5) is 11.4 Å². The summed E-state index contributed by atoms with van der Waals surface area (Å²) in [5, 5.41) is 2.77. The van der Waals surface area contributed by atoms with Crippen LogP contribution in [0.25, 0.3) is 0 Å². The van der Waals surface area contributed by atoms with Crippen molar-refractivity contribution in [3.8, 4) is 11.5 Å². The number of nitrogens with one attached hydrogen (secondary N) is 2. The molecule has 1 amide bonds. The second kappa shape index (κ2) is 10.2. The summed E-state index contributed by atoms with van der Waals surface area (Å²) >= 11 is 0. The van der Waals surface area contributed by atoms with E-state index in [2.05, 4.69) is 10.0 Å². The minimum absolute atomic E-state index is 0.0959. The molecule has 0 saturated heterocycles. The van der Waals surface area contributed by atoms with Crippen molar-refractivity contribution in [2.45, 2.75) is 31.3 Å². The highest BCUT2D eigenvalue weighted by molar-refractivity contribution is 7.92. The summed E-state index contributed by atoms with van der Waals surface area (Å²) in [4.78, 5) is 12.7. The quantitative estimate of drug-likeness (QED) is 0.493. The predicted octanol–water partition coefficient (Wildman–Crippen LogP) is 4.60. The number of benzene rings is 3. The molecule has 3 rings (SSSR count). The normalized spacial score (nSPS) is 12.0. The molecule has 8 heteroatoms. The number of hydrogen-bond acceptors (Lipinski definition) is 5. The third kappa shape index (κ3) is 6.01. The fraction of sp³-hybridized carbons (Fsp3) is 0.208. The van der Waals surface area contributed by atoms with Gasteiger partial charge in [0.1, 0.15) is 11.5 Å². The number of methoxy groups -OCH3 is 1. The summed E-state index contributed by atoms with van der Waals surface area (Å²) in [5.41, 5.74) is 1.91. The monoisotopic (exact) mass is 454 g/mol. The summed E-state index contributed by atoms with van der Waals surface area (Å²) in [6.07, 6.45) is -0.236. The Bertz CT molecular complexity index is 1160. The number of aryl methyl sites for hydroxylation is 1. The Morgan fingerprint density at radius 2 is 1.59 bits per heavy atom. The van der Waals surface area contributed by atoms with Gasteiger partial charge in [0, 0.05) is 11.4 Å². The fourth-order valence-electron chi connectivity index (χ4n) is 3.00. The van der Waals surface area contributed by atoms with Gasteiger partial charge in [-0.25, -0.2) is 8.42 Å². The molecule has 0 radical (unpaired) electrons. The van der Waals surface area contributed by atoms with Crippen molar-refractivity contribution in [3.05, 3.63) is 78.4 Å². The van der Waals surface area contributed by atoms with Crippen LogP contribution in [0, 0.1) is 6.92 Å². The maximum Gasteiger partial charge on any atom is 0.265 e. The highest BCUT2D eigenvalue weighted by Gasteiger charge is 2.19. The number of carbonyl (C=O) groups is 1. The minimum atomic E-state index is -3.74. The van der Waals surface area contributed by atoms with Crippen molar-refractivity contribution >= 4 is 27.3 Å². The van der Waals surface area contributed by atoms with Crippen LogP contribution < -0.4 is 19.5 Å². The lowest BCUT2D eigenvalue weighted by Crippen LogP contribution is -2.32. The molecule has 0 saturated carbocycles. The first-order valence-electron chi connectivity index (χ1n) is 10.1. The van der Waals surface area contributed by atoms with Crippen LogP contribution in [-0.2, 0) is 14.8 Å². The maximum atomic E-state index is 12.6. The van der Waals surface area contributed by atoms with E-state index in [0.29, 0.717) is 29.3 Å². The van der Waals surface area contributed by atoms with Crippen molar-refractivity contribution < 1.29 is 22.7 Å². The zero-order valence-electron chi connectivity index (χ0n) is 18.2. The fourth-order valence-corrected chi connectivity index (χ4v) is 4.05. The smallest absolute Gasteiger partial charge is 0.265 e. The first-order valence-corrected chi connectivity index (χ1v) is 11.6. The molecule has 3 aromatic carbocycles. The standard InChI is InChI=1S/C24H26N2O5S/c1-4-23(31-21-12-10-20(30-3)11-13-21)24(27)25-18-8-14-22(15-9-18)32(28,29)26-19-7-5-6-17(2)16-19/h5-16,23,26H,4H2,1-3H3,(H,25,27)/t23-/m0/s1. The molecular formula is C24H26N2O5S. The zero-order chi connectivity index (χ0) is 23.1. The molecule has 0 spiro atoms. The number of ether oxygens (including phenoxy) is 2. The number of sulfonamides is 1. The van der Waals surface area contributed by atoms with E-state index in [-0.39, 0.29) is 10.8 Å². The molecule has 0 aliphatic rings. The number of amides is 1. The highest BCUT2D eigenvalue weighted by Crippen LogP contribution is 2.21. The number of anilines is 2. The summed E-state index contributed by atoms with van der Waals surface area (Å²) < 4.78 is 38.7. The van der Waals surface area contributed by atoms with E-state index in [1.807, 2.05) is 19.9 Å². The molecule has 0 aromatic heterocycles. The van der Waals surface area contributed by atoms with E-state index >= 15 is 0 Å². The van der Waals surface area contributed by atoms with Crippen LogP contribution in [0.15, 0.2) is 77.7 Å². The lowest BCUT2D eigenvalue weighted by atomic mass is 10.2. The SMILES string of the molecule is CC[C@H](Oc1ccc(OC)cc1)C(=O)Nc1ccc(S(=O)(=O)Nc2cccc(C)c2)cc1. The molecule has 0 heterocycles. The number of hydrogen-bond donors (Lipinski definition) is 2. The summed E-state index contributed by atoms with van der Waals surface area (Å²) in [6, 6.07) is 20.1. The van der Waals surface area contributed by atoms with E-state index in [1.165, 1.54) is 12.1 Å². The van der Waals surface area contributed by atoms with Crippen LogP contribution in [0.2, 0.25) is 0 Å². The molecule has 0 aliphatic heterocycles. The Morgan fingerprint density at radius 3 is 2.19 bits per heavy atom. The van der Waals surface area contributed by atoms with Gasteiger partial charge in [0.2, 0.25) is 0 Å². The van der Waals surface area contributed by atoms with Gasteiger partial charge < -0.3 is 14.8 Å². The lowest BCUT2D eigenvalue weighted by Gasteiger charge is -2.17. The molecule has 7 nitrogen and oxygen atoms in total. The molecule has 2 N–H and O–H groups in total. The van der Waals surface area contributed by atoms with Gasteiger partial charge in [-0.2, -0.15) is 0 Å². The lowest BCUT2D eigenvalue weighted by molar-refractivity contribution is -0.122. The van der Waals surface area contributed by atoms with Gasteiger partial charge in [0.25, 0.3) is 15.9 Å². The van der Waals surface area contributed by atoms with Gasteiger partial charge in [-0.1, -0.05) is 19.1 Å². The largest absolute Gasteiger partial charge is 0.497 e. The van der Waals surface area contributed by atoms with E-state index in [0.717, 1.165) is 5.56 Å². The molecule has 1 atom stereocenters. The Morgan fingerprint density at radius 1 is 0.938 bits per heavy atom. The molecule has 3 aromatic rings. The van der Waals surface area contributed by atoms with Crippen molar-refractivity contribution in [2.24, 2.45) is 0 Å². The summed E-state index contributed by atoms with van der Waals surface area (Å²) in [7, 11) is -2.16. The number of carbonyl (C=O) groups excluding carboxylic acids is 1. The van der Waals surface area contributed by atoms with Gasteiger partial charge in [0.15, 0.2) is 6.10 Å². The second-order valence-electron chi connectivity index (χ2n) is 7.18. The average Bonchev–Trinajstić information content (AvgIpc) is 2.78. The molecule has 0 fully saturated rings. The van der Waals surface area contributed by atoms with Gasteiger partial charge in [-0.15, -0.1) is 0 Å². The van der Waals surface area contributed by atoms with Gasteiger partial charge in [-0.05, 0) is 79.6 Å². The Hall–Kier alpha value is -3.52. The molecule has 32 heavy (non-hydrogen) atoms. The minimum Gasteiger partial charge on any atom is -0.497 e. The Balaban J connectivity index is 1.65. The second-order valence-corrected chi connectivity index (χ2v) is 8.86. The van der Waals surface area contributed by atoms with Crippen LogP contribution in [0.3, 0.4) is 0 Å². The van der Waals surface area contributed by atoms with E-state index < -0.39 is 16.1 Å². The maximum absolute atomic E-state index is 12.6.